The molecule has 20 heavy (non-hydrogen) atoms. The average Bonchev–Trinajstić information content (AvgIpc) is 2.38. The number of amides is 1. The van der Waals surface area contributed by atoms with Crippen molar-refractivity contribution in [3.05, 3.63) is 29.3 Å². The van der Waals surface area contributed by atoms with Crippen LogP contribution in [0.3, 0.4) is 0 Å². The van der Waals surface area contributed by atoms with Crippen molar-refractivity contribution in [2.45, 2.75) is 25.3 Å². The maximum atomic E-state index is 11.9. The normalized spacial score (nSPS) is 16.9. The SMILES string of the molecule is CC1(NC(=O)COc2ccc(Cl)cc2)CCNCC1.Cl. The Morgan fingerprint density at radius 2 is 1.95 bits per heavy atom. The van der Waals surface area contributed by atoms with Crippen LogP contribution in [0, 0.1) is 0 Å². The molecule has 4 nitrogen and oxygen atoms in total. The third-order valence-corrected chi connectivity index (χ3v) is 3.58. The maximum absolute atomic E-state index is 11.9. The predicted molar refractivity (Wildman–Crippen MR) is 82.8 cm³/mol. The zero-order valence-electron chi connectivity index (χ0n) is 11.4. The van der Waals surface area contributed by atoms with Gasteiger partial charge < -0.3 is 15.4 Å². The van der Waals surface area contributed by atoms with Gasteiger partial charge in [-0.05, 0) is 57.1 Å². The lowest BCUT2D eigenvalue weighted by molar-refractivity contribution is -0.125. The number of hydrogen-bond acceptors (Lipinski definition) is 3. The molecule has 0 radical (unpaired) electrons. The van der Waals surface area contributed by atoms with Crippen molar-refractivity contribution < 1.29 is 9.53 Å². The molecule has 6 heteroatoms. The summed E-state index contributed by atoms with van der Waals surface area (Å²) in [4.78, 5) is 11.9. The largest absolute Gasteiger partial charge is 0.484 e. The summed E-state index contributed by atoms with van der Waals surface area (Å²) in [6.07, 6.45) is 1.89. The minimum atomic E-state index is -0.119. The highest BCUT2D eigenvalue weighted by Crippen LogP contribution is 2.18. The van der Waals surface area contributed by atoms with E-state index in [4.69, 9.17) is 16.3 Å². The molecule has 0 aromatic heterocycles. The lowest BCUT2D eigenvalue weighted by Crippen LogP contribution is -2.53. The second-order valence-electron chi connectivity index (χ2n) is 5.10. The number of halogens is 2. The van der Waals surface area contributed by atoms with Gasteiger partial charge in [0.15, 0.2) is 6.61 Å². The summed E-state index contributed by atoms with van der Waals surface area (Å²) in [7, 11) is 0. The van der Waals surface area contributed by atoms with Crippen molar-refractivity contribution in [3.8, 4) is 5.75 Å². The topological polar surface area (TPSA) is 50.4 Å². The molecule has 1 aliphatic rings. The van der Waals surface area contributed by atoms with Crippen LogP contribution in [0.25, 0.3) is 0 Å². The number of nitrogens with one attached hydrogen (secondary N) is 2. The van der Waals surface area contributed by atoms with Crippen LogP contribution in [0.1, 0.15) is 19.8 Å². The molecule has 0 spiro atoms. The highest BCUT2D eigenvalue weighted by molar-refractivity contribution is 6.30. The number of carbonyl (C=O) groups excluding carboxylic acids is 1. The lowest BCUT2D eigenvalue weighted by atomic mass is 9.90. The molecule has 1 amide bonds. The number of rotatable bonds is 4. The van der Waals surface area contributed by atoms with Gasteiger partial charge in [-0.3, -0.25) is 4.79 Å². The summed E-state index contributed by atoms with van der Waals surface area (Å²) < 4.78 is 5.42. The molecule has 1 aliphatic heterocycles. The van der Waals surface area contributed by atoms with Gasteiger partial charge in [0.05, 0.1) is 0 Å². The van der Waals surface area contributed by atoms with Crippen LogP contribution in [0.5, 0.6) is 5.75 Å². The van der Waals surface area contributed by atoms with E-state index in [9.17, 15) is 4.79 Å². The van der Waals surface area contributed by atoms with Crippen LogP contribution in [-0.2, 0) is 4.79 Å². The van der Waals surface area contributed by atoms with E-state index in [1.807, 2.05) is 0 Å². The highest BCUT2D eigenvalue weighted by atomic mass is 35.5. The highest BCUT2D eigenvalue weighted by Gasteiger charge is 2.28. The molecule has 1 aromatic carbocycles. The zero-order chi connectivity index (χ0) is 13.7. The molecule has 0 unspecified atom stereocenters. The molecule has 0 saturated carbocycles. The van der Waals surface area contributed by atoms with Gasteiger partial charge in [0.2, 0.25) is 0 Å². The minimum Gasteiger partial charge on any atom is -0.484 e. The molecule has 2 rings (SSSR count). The average molecular weight is 319 g/mol. The summed E-state index contributed by atoms with van der Waals surface area (Å²) in [5.41, 5.74) is -0.119. The molecule has 1 aromatic rings. The first-order chi connectivity index (χ1) is 9.07. The summed E-state index contributed by atoms with van der Waals surface area (Å²) in [6.45, 7) is 3.99. The van der Waals surface area contributed by atoms with Crippen LogP contribution >= 0.6 is 24.0 Å². The first kappa shape index (κ1) is 17.1. The maximum Gasteiger partial charge on any atom is 0.258 e. The number of carbonyl (C=O) groups is 1. The number of piperidine rings is 1. The predicted octanol–water partition coefficient (Wildman–Crippen LogP) is 2.40. The van der Waals surface area contributed by atoms with E-state index < -0.39 is 0 Å². The second-order valence-corrected chi connectivity index (χ2v) is 5.54. The van der Waals surface area contributed by atoms with Gasteiger partial charge in [-0.15, -0.1) is 12.4 Å². The summed E-state index contributed by atoms with van der Waals surface area (Å²) in [5.74, 6) is 0.564. The molecule has 1 saturated heterocycles. The monoisotopic (exact) mass is 318 g/mol. The summed E-state index contributed by atoms with van der Waals surface area (Å²) in [6, 6.07) is 6.98. The third kappa shape index (κ3) is 5.19. The minimum absolute atomic E-state index is 0. The molecule has 0 bridgehead atoms. The number of hydrogen-bond donors (Lipinski definition) is 2. The van der Waals surface area contributed by atoms with Crippen molar-refractivity contribution in [1.82, 2.24) is 10.6 Å². The zero-order valence-corrected chi connectivity index (χ0v) is 13.0. The van der Waals surface area contributed by atoms with Gasteiger partial charge in [0.1, 0.15) is 5.75 Å². The quantitative estimate of drug-likeness (QED) is 0.896. The van der Waals surface area contributed by atoms with E-state index in [1.54, 1.807) is 24.3 Å². The number of ether oxygens (including phenoxy) is 1. The van der Waals surface area contributed by atoms with Crippen molar-refractivity contribution in [3.63, 3.8) is 0 Å². The van der Waals surface area contributed by atoms with Gasteiger partial charge in [-0.1, -0.05) is 11.6 Å². The van der Waals surface area contributed by atoms with Crippen LogP contribution in [0.2, 0.25) is 5.02 Å². The van der Waals surface area contributed by atoms with Gasteiger partial charge in [-0.2, -0.15) is 0 Å². The molecule has 1 heterocycles. The van der Waals surface area contributed by atoms with E-state index in [0.29, 0.717) is 10.8 Å². The van der Waals surface area contributed by atoms with E-state index in [-0.39, 0.29) is 30.5 Å². The van der Waals surface area contributed by atoms with Gasteiger partial charge >= 0.3 is 0 Å². The van der Waals surface area contributed by atoms with Crippen molar-refractivity contribution >= 4 is 29.9 Å². The molecule has 0 atom stereocenters. The third-order valence-electron chi connectivity index (χ3n) is 3.33. The first-order valence-electron chi connectivity index (χ1n) is 6.48. The van der Waals surface area contributed by atoms with E-state index >= 15 is 0 Å². The Bertz CT molecular complexity index is 431. The molecule has 0 aliphatic carbocycles. The molecular weight excluding hydrogens is 299 g/mol. The Kier molecular flexibility index (Phi) is 6.59. The van der Waals surface area contributed by atoms with E-state index in [0.717, 1.165) is 25.9 Å². The fourth-order valence-corrected chi connectivity index (χ4v) is 2.28. The van der Waals surface area contributed by atoms with E-state index in [1.165, 1.54) is 0 Å². The van der Waals surface area contributed by atoms with Crippen molar-refractivity contribution in [2.75, 3.05) is 19.7 Å². The Morgan fingerprint density at radius 1 is 1.35 bits per heavy atom. The van der Waals surface area contributed by atoms with Gasteiger partial charge in [-0.25, -0.2) is 0 Å². The summed E-state index contributed by atoms with van der Waals surface area (Å²) >= 11 is 5.78. The second kappa shape index (κ2) is 7.72. The number of benzene rings is 1. The fraction of sp³-hybridized carbons (Fsp3) is 0.500. The molecule has 1 fully saturated rings. The van der Waals surface area contributed by atoms with E-state index in [2.05, 4.69) is 17.6 Å². The first-order valence-corrected chi connectivity index (χ1v) is 6.85. The molecule has 112 valence electrons. The van der Waals surface area contributed by atoms with Crippen LogP contribution in [0.15, 0.2) is 24.3 Å². The standard InChI is InChI=1S/C14H19ClN2O2.ClH/c1-14(6-8-16-9-7-14)17-13(18)10-19-12-4-2-11(15)3-5-12;/h2-5,16H,6-10H2,1H3,(H,17,18);1H. The van der Waals surface area contributed by atoms with Crippen molar-refractivity contribution in [1.29, 1.82) is 0 Å². The van der Waals surface area contributed by atoms with Crippen LogP contribution < -0.4 is 15.4 Å². The van der Waals surface area contributed by atoms with Gasteiger partial charge in [0, 0.05) is 10.6 Å². The smallest absolute Gasteiger partial charge is 0.258 e. The molecule has 2 N–H and O–H groups in total. The van der Waals surface area contributed by atoms with Crippen LogP contribution in [0.4, 0.5) is 0 Å². The molecular formula is C14H20Cl2N2O2. The Hall–Kier alpha value is -0.970. The Balaban J connectivity index is 0.00000200. The van der Waals surface area contributed by atoms with Crippen molar-refractivity contribution in [2.24, 2.45) is 0 Å². The Labute approximate surface area is 130 Å². The summed E-state index contributed by atoms with van der Waals surface area (Å²) in [5, 5.41) is 6.98. The lowest BCUT2D eigenvalue weighted by Gasteiger charge is -2.34. The fourth-order valence-electron chi connectivity index (χ4n) is 2.16. The van der Waals surface area contributed by atoms with Gasteiger partial charge in [0.25, 0.3) is 5.91 Å². The van der Waals surface area contributed by atoms with Crippen LogP contribution in [-0.4, -0.2) is 31.1 Å². The Morgan fingerprint density at radius 3 is 2.55 bits per heavy atom.